The third-order valence-corrected chi connectivity index (χ3v) is 6.73. The number of hydrogen-bond acceptors (Lipinski definition) is 6. The molecular weight excluding hydrogens is 412 g/mol. The van der Waals surface area contributed by atoms with Gasteiger partial charge in [-0.1, -0.05) is 18.2 Å². The summed E-state index contributed by atoms with van der Waals surface area (Å²) in [7, 11) is 5.10. The lowest BCUT2D eigenvalue weighted by Crippen LogP contribution is -2.33. The second-order valence-corrected chi connectivity index (χ2v) is 8.59. The molecule has 1 aromatic heterocycles. The number of imide groups is 1. The Labute approximate surface area is 186 Å². The van der Waals surface area contributed by atoms with Gasteiger partial charge in [0.25, 0.3) is 11.8 Å². The summed E-state index contributed by atoms with van der Waals surface area (Å²) in [6, 6.07) is 11.7. The van der Waals surface area contributed by atoms with Gasteiger partial charge in [0.15, 0.2) is 11.5 Å². The van der Waals surface area contributed by atoms with E-state index in [0.29, 0.717) is 29.2 Å². The fourth-order valence-corrected chi connectivity index (χ4v) is 4.96. The number of carbonyl (C=O) groups is 2. The van der Waals surface area contributed by atoms with Crippen molar-refractivity contribution in [3.63, 3.8) is 0 Å². The van der Waals surface area contributed by atoms with Crippen molar-refractivity contribution in [1.29, 1.82) is 0 Å². The lowest BCUT2D eigenvalue weighted by molar-refractivity contribution is 0.0648. The van der Waals surface area contributed by atoms with E-state index < -0.39 is 0 Å². The summed E-state index contributed by atoms with van der Waals surface area (Å²) in [6.07, 6.45) is 1.70. The molecule has 0 saturated heterocycles. The van der Waals surface area contributed by atoms with Crippen molar-refractivity contribution in [3.8, 4) is 11.5 Å². The molecule has 1 aliphatic rings. The molecule has 0 unspecified atom stereocenters. The maximum atomic E-state index is 12.8. The van der Waals surface area contributed by atoms with Gasteiger partial charge in [0.2, 0.25) is 0 Å². The minimum absolute atomic E-state index is 0.270. The van der Waals surface area contributed by atoms with E-state index in [9.17, 15) is 9.59 Å². The van der Waals surface area contributed by atoms with Gasteiger partial charge in [-0.25, -0.2) is 0 Å². The smallest absolute Gasteiger partial charge is 0.261 e. The van der Waals surface area contributed by atoms with E-state index in [1.807, 2.05) is 0 Å². The number of fused-ring (bicyclic) bond motifs is 2. The zero-order valence-corrected chi connectivity index (χ0v) is 18.8. The van der Waals surface area contributed by atoms with E-state index in [-0.39, 0.29) is 11.8 Å². The van der Waals surface area contributed by atoms with Crippen molar-refractivity contribution in [2.45, 2.75) is 12.8 Å². The van der Waals surface area contributed by atoms with E-state index in [0.717, 1.165) is 25.9 Å². The molecular formula is C24H26N2O4S. The minimum atomic E-state index is -0.270. The average molecular weight is 439 g/mol. The fourth-order valence-electron chi connectivity index (χ4n) is 3.97. The molecule has 0 fully saturated rings. The molecule has 0 N–H and O–H groups in total. The quantitative estimate of drug-likeness (QED) is 0.471. The van der Waals surface area contributed by atoms with Gasteiger partial charge in [-0.15, -0.1) is 11.3 Å². The molecule has 2 heterocycles. The summed E-state index contributed by atoms with van der Waals surface area (Å²) in [6.45, 7) is 2.13. The van der Waals surface area contributed by atoms with Gasteiger partial charge in [-0.05, 0) is 61.0 Å². The Hall–Kier alpha value is -2.90. The van der Waals surface area contributed by atoms with Gasteiger partial charge in [0, 0.05) is 17.8 Å². The summed E-state index contributed by atoms with van der Waals surface area (Å²) in [5.74, 6) is 0.358. The molecule has 0 spiro atoms. The normalized spacial score (nSPS) is 13.4. The molecule has 0 atom stereocenters. The van der Waals surface area contributed by atoms with Crippen molar-refractivity contribution >= 4 is 33.2 Å². The monoisotopic (exact) mass is 438 g/mol. The third-order valence-electron chi connectivity index (χ3n) is 5.72. The molecule has 7 heteroatoms. The third kappa shape index (κ3) is 4.16. The molecule has 0 saturated carbocycles. The highest BCUT2D eigenvalue weighted by atomic mass is 32.1. The summed E-state index contributed by atoms with van der Waals surface area (Å²) >= 11 is 1.78. The van der Waals surface area contributed by atoms with E-state index in [2.05, 4.69) is 41.6 Å². The van der Waals surface area contributed by atoms with E-state index >= 15 is 0 Å². The van der Waals surface area contributed by atoms with Crippen molar-refractivity contribution in [1.82, 2.24) is 9.80 Å². The standard InChI is InChI=1S/C24H26N2O4S/c1-25(12-9-16-15-31-22-8-5-4-7-17(16)22)10-6-11-26-23(27)18-13-20(29-2)21(30-3)14-19(18)24(26)28/h4-5,7-8,13-15H,6,9-12H2,1-3H3. The summed E-state index contributed by atoms with van der Waals surface area (Å²) in [5, 5.41) is 3.57. The maximum absolute atomic E-state index is 12.8. The van der Waals surface area contributed by atoms with E-state index in [4.69, 9.17) is 9.47 Å². The number of likely N-dealkylation sites (N-methyl/N-ethyl adjacent to an activating group) is 1. The van der Waals surface area contributed by atoms with Crippen molar-refractivity contribution in [2.75, 3.05) is 40.9 Å². The molecule has 162 valence electrons. The zero-order chi connectivity index (χ0) is 22.0. The highest BCUT2D eigenvalue weighted by molar-refractivity contribution is 7.17. The Bertz CT molecular complexity index is 1080. The van der Waals surface area contributed by atoms with Crippen LogP contribution in [0.2, 0.25) is 0 Å². The maximum Gasteiger partial charge on any atom is 0.261 e. The van der Waals surface area contributed by atoms with Crippen LogP contribution in [0.15, 0.2) is 41.8 Å². The van der Waals surface area contributed by atoms with Crippen LogP contribution >= 0.6 is 11.3 Å². The fraction of sp³-hybridized carbons (Fsp3) is 0.333. The lowest BCUT2D eigenvalue weighted by Gasteiger charge is -2.19. The van der Waals surface area contributed by atoms with Crippen LogP contribution in [0.3, 0.4) is 0 Å². The molecule has 1 aliphatic heterocycles. The Kier molecular flexibility index (Phi) is 6.25. The van der Waals surface area contributed by atoms with Gasteiger partial charge in [-0.3, -0.25) is 14.5 Å². The number of rotatable bonds is 9. The molecule has 6 nitrogen and oxygen atoms in total. The molecule has 0 radical (unpaired) electrons. The number of nitrogens with zero attached hydrogens (tertiary/aromatic N) is 2. The molecule has 4 rings (SSSR count). The molecule has 0 bridgehead atoms. The van der Waals surface area contributed by atoms with Crippen molar-refractivity contribution in [3.05, 3.63) is 58.5 Å². The van der Waals surface area contributed by atoms with Gasteiger partial charge in [-0.2, -0.15) is 0 Å². The van der Waals surface area contributed by atoms with Crippen molar-refractivity contribution in [2.24, 2.45) is 0 Å². The van der Waals surface area contributed by atoms with Gasteiger partial charge in [0.1, 0.15) is 0 Å². The van der Waals surface area contributed by atoms with Crippen LogP contribution in [-0.4, -0.2) is 62.5 Å². The highest BCUT2D eigenvalue weighted by Crippen LogP contribution is 2.35. The first kappa shape index (κ1) is 21.3. The van der Waals surface area contributed by atoms with Crippen LogP contribution in [0.1, 0.15) is 32.7 Å². The Morgan fingerprint density at radius 1 is 0.968 bits per heavy atom. The number of carbonyl (C=O) groups excluding carboxylic acids is 2. The largest absolute Gasteiger partial charge is 0.493 e. The molecule has 31 heavy (non-hydrogen) atoms. The predicted octanol–water partition coefficient (Wildman–Crippen LogP) is 4.08. The molecule has 2 aromatic carbocycles. The van der Waals surface area contributed by atoms with E-state index in [1.165, 1.54) is 34.8 Å². The van der Waals surface area contributed by atoms with Gasteiger partial charge in [0.05, 0.1) is 25.3 Å². The second kappa shape index (κ2) is 9.08. The molecule has 3 aromatic rings. The Morgan fingerprint density at radius 3 is 2.26 bits per heavy atom. The minimum Gasteiger partial charge on any atom is -0.493 e. The number of benzene rings is 2. The number of ether oxygens (including phenoxy) is 2. The first-order valence-electron chi connectivity index (χ1n) is 10.3. The van der Waals surface area contributed by atoms with Gasteiger partial charge >= 0.3 is 0 Å². The average Bonchev–Trinajstić information content (AvgIpc) is 3.31. The Balaban J connectivity index is 1.32. The second-order valence-electron chi connectivity index (χ2n) is 7.68. The zero-order valence-electron chi connectivity index (χ0n) is 18.0. The topological polar surface area (TPSA) is 59.1 Å². The van der Waals surface area contributed by atoms with Crippen LogP contribution in [0.5, 0.6) is 11.5 Å². The van der Waals surface area contributed by atoms with Crippen LogP contribution in [-0.2, 0) is 6.42 Å². The van der Waals surface area contributed by atoms with Gasteiger partial charge < -0.3 is 14.4 Å². The SMILES string of the molecule is COc1cc2c(cc1OC)C(=O)N(CCCN(C)CCc1csc3ccccc13)C2=O. The number of thiophene rings is 1. The van der Waals surface area contributed by atoms with Crippen LogP contribution < -0.4 is 9.47 Å². The van der Waals surface area contributed by atoms with Crippen LogP contribution in [0, 0.1) is 0 Å². The van der Waals surface area contributed by atoms with Crippen molar-refractivity contribution < 1.29 is 19.1 Å². The number of methoxy groups -OCH3 is 2. The predicted molar refractivity (Wildman–Crippen MR) is 123 cm³/mol. The molecule has 2 amide bonds. The first-order valence-corrected chi connectivity index (χ1v) is 11.2. The van der Waals surface area contributed by atoms with Crippen LogP contribution in [0.25, 0.3) is 10.1 Å². The summed E-state index contributed by atoms with van der Waals surface area (Å²) < 4.78 is 11.8. The number of hydrogen-bond donors (Lipinski definition) is 0. The lowest BCUT2D eigenvalue weighted by atomic mass is 10.1. The van der Waals surface area contributed by atoms with Crippen LogP contribution in [0.4, 0.5) is 0 Å². The molecule has 0 aliphatic carbocycles. The summed E-state index contributed by atoms with van der Waals surface area (Å²) in [4.78, 5) is 29.1. The highest BCUT2D eigenvalue weighted by Gasteiger charge is 2.36. The Morgan fingerprint density at radius 2 is 1.61 bits per heavy atom. The summed E-state index contributed by atoms with van der Waals surface area (Å²) in [5.41, 5.74) is 2.12. The first-order chi connectivity index (χ1) is 15.0. The number of amides is 2. The van der Waals surface area contributed by atoms with E-state index in [1.54, 1.807) is 23.5 Å².